The predicted molar refractivity (Wildman–Crippen MR) is 71.6 cm³/mol. The van der Waals surface area contributed by atoms with E-state index >= 15 is 0 Å². The number of nitrogens with zero attached hydrogens (tertiary/aromatic N) is 2. The van der Waals surface area contributed by atoms with E-state index in [1.165, 1.54) is 12.1 Å². The van der Waals surface area contributed by atoms with Crippen molar-refractivity contribution in [1.29, 1.82) is 0 Å². The molecule has 1 amide bonds. The molecule has 21 heavy (non-hydrogen) atoms. The first-order valence-corrected chi connectivity index (χ1v) is 6.66. The highest BCUT2D eigenvalue weighted by Crippen LogP contribution is 2.29. The van der Waals surface area contributed by atoms with E-state index in [1.807, 2.05) is 0 Å². The Labute approximate surface area is 122 Å². The zero-order valence-corrected chi connectivity index (χ0v) is 11.6. The quantitative estimate of drug-likeness (QED) is 0.912. The number of rotatable bonds is 3. The lowest BCUT2D eigenvalue weighted by Crippen LogP contribution is -2.26. The Morgan fingerprint density at radius 3 is 2.67 bits per heavy atom. The largest absolute Gasteiger partial charge is 0.416 e. The number of benzene rings is 1. The third-order valence-corrected chi connectivity index (χ3v) is 3.56. The molecule has 0 saturated heterocycles. The molecule has 0 aliphatic rings. The number of nitrogens with two attached hydrogens (primary N) is 1. The van der Waals surface area contributed by atoms with Gasteiger partial charge in [0.25, 0.3) is 5.91 Å². The molecule has 2 rings (SSSR count). The molecule has 3 N–H and O–H groups in total. The van der Waals surface area contributed by atoms with Crippen molar-refractivity contribution in [2.75, 3.05) is 5.73 Å². The molecule has 1 heterocycles. The summed E-state index contributed by atoms with van der Waals surface area (Å²) >= 11 is 1.10. The van der Waals surface area contributed by atoms with Crippen molar-refractivity contribution in [3.05, 3.63) is 40.4 Å². The smallest absolute Gasteiger partial charge is 0.374 e. The van der Waals surface area contributed by atoms with Gasteiger partial charge in [-0.3, -0.25) is 4.79 Å². The fourth-order valence-corrected chi connectivity index (χ4v) is 2.21. The average molecular weight is 316 g/mol. The minimum Gasteiger partial charge on any atom is -0.374 e. The maximum absolute atomic E-state index is 12.6. The lowest BCUT2D eigenvalue weighted by atomic mass is 10.1. The zero-order chi connectivity index (χ0) is 15.6. The Balaban J connectivity index is 2.13. The maximum atomic E-state index is 12.6. The van der Waals surface area contributed by atoms with Crippen LogP contribution in [0.5, 0.6) is 0 Å². The first-order valence-electron chi connectivity index (χ1n) is 5.84. The van der Waals surface area contributed by atoms with Crippen molar-refractivity contribution < 1.29 is 18.0 Å². The van der Waals surface area contributed by atoms with Gasteiger partial charge in [0, 0.05) is 5.56 Å². The van der Waals surface area contributed by atoms with Gasteiger partial charge in [0.15, 0.2) is 0 Å². The number of hydrogen-bond donors (Lipinski definition) is 2. The lowest BCUT2D eigenvalue weighted by Gasteiger charge is -2.12. The van der Waals surface area contributed by atoms with Crippen molar-refractivity contribution in [2.24, 2.45) is 0 Å². The number of halogens is 3. The van der Waals surface area contributed by atoms with E-state index in [9.17, 15) is 18.0 Å². The van der Waals surface area contributed by atoms with Crippen LogP contribution < -0.4 is 11.1 Å². The predicted octanol–water partition coefficient (Wildman–Crippen LogP) is 2.63. The van der Waals surface area contributed by atoms with E-state index in [-0.39, 0.29) is 10.7 Å². The van der Waals surface area contributed by atoms with Crippen LogP contribution in [0.3, 0.4) is 0 Å². The molecule has 1 atom stereocenters. The highest BCUT2D eigenvalue weighted by Gasteiger charge is 2.31. The zero-order valence-electron chi connectivity index (χ0n) is 10.8. The standard InChI is InChI=1S/C12H11F3N4OS/c1-6(10-18-19-11(16)21-10)17-9(20)7-3-2-4-8(5-7)12(13,14)15/h2-6H,1H3,(H2,16,19)(H,17,20). The highest BCUT2D eigenvalue weighted by atomic mass is 32.1. The van der Waals surface area contributed by atoms with Crippen molar-refractivity contribution in [3.63, 3.8) is 0 Å². The van der Waals surface area contributed by atoms with Crippen LogP contribution in [0.2, 0.25) is 0 Å². The first-order chi connectivity index (χ1) is 9.77. The monoisotopic (exact) mass is 316 g/mol. The van der Waals surface area contributed by atoms with Crippen LogP contribution in [-0.2, 0) is 6.18 Å². The summed E-state index contributed by atoms with van der Waals surface area (Å²) in [6, 6.07) is 3.71. The minimum atomic E-state index is -4.49. The molecule has 1 unspecified atom stereocenters. The van der Waals surface area contributed by atoms with E-state index in [1.54, 1.807) is 6.92 Å². The van der Waals surface area contributed by atoms with Crippen LogP contribution in [0.1, 0.15) is 33.9 Å². The van der Waals surface area contributed by atoms with Gasteiger partial charge in [0.2, 0.25) is 5.13 Å². The van der Waals surface area contributed by atoms with E-state index in [4.69, 9.17) is 5.73 Å². The van der Waals surface area contributed by atoms with Gasteiger partial charge in [-0.2, -0.15) is 13.2 Å². The summed E-state index contributed by atoms with van der Waals surface area (Å²) in [5.41, 5.74) is 4.49. The Morgan fingerprint density at radius 2 is 2.10 bits per heavy atom. The maximum Gasteiger partial charge on any atom is 0.416 e. The molecule has 2 aromatic rings. The molecule has 0 bridgehead atoms. The van der Waals surface area contributed by atoms with Gasteiger partial charge < -0.3 is 11.1 Å². The molecule has 9 heteroatoms. The number of alkyl halides is 3. The van der Waals surface area contributed by atoms with E-state index < -0.39 is 23.7 Å². The third-order valence-electron chi connectivity index (χ3n) is 2.63. The Kier molecular flexibility index (Phi) is 4.12. The fraction of sp³-hybridized carbons (Fsp3) is 0.250. The lowest BCUT2D eigenvalue weighted by molar-refractivity contribution is -0.137. The SMILES string of the molecule is CC(NC(=O)c1cccc(C(F)(F)F)c1)c1nnc(N)s1. The second-order valence-electron chi connectivity index (χ2n) is 4.25. The van der Waals surface area contributed by atoms with Crippen LogP contribution in [0.4, 0.5) is 18.3 Å². The van der Waals surface area contributed by atoms with Crippen molar-refractivity contribution in [2.45, 2.75) is 19.1 Å². The number of carbonyl (C=O) groups is 1. The van der Waals surface area contributed by atoms with Crippen LogP contribution in [0.15, 0.2) is 24.3 Å². The first kappa shape index (κ1) is 15.2. The summed E-state index contributed by atoms with van der Waals surface area (Å²) in [5.74, 6) is -0.623. The van der Waals surface area contributed by atoms with Crippen LogP contribution in [0.25, 0.3) is 0 Å². The average Bonchev–Trinajstić information content (AvgIpc) is 2.84. The molecular weight excluding hydrogens is 305 g/mol. The van der Waals surface area contributed by atoms with Gasteiger partial charge in [0.1, 0.15) is 5.01 Å². The van der Waals surface area contributed by atoms with Crippen molar-refractivity contribution in [1.82, 2.24) is 15.5 Å². The molecular formula is C12H11F3N4OS. The van der Waals surface area contributed by atoms with Gasteiger partial charge in [0.05, 0.1) is 11.6 Å². The second-order valence-corrected chi connectivity index (χ2v) is 5.29. The molecule has 1 aromatic carbocycles. The van der Waals surface area contributed by atoms with Crippen molar-refractivity contribution >= 4 is 22.4 Å². The molecule has 1 aromatic heterocycles. The number of anilines is 1. The normalized spacial score (nSPS) is 13.0. The van der Waals surface area contributed by atoms with Gasteiger partial charge in [-0.05, 0) is 25.1 Å². The molecule has 0 aliphatic heterocycles. The van der Waals surface area contributed by atoms with Crippen LogP contribution in [-0.4, -0.2) is 16.1 Å². The van der Waals surface area contributed by atoms with Crippen LogP contribution >= 0.6 is 11.3 Å². The van der Waals surface area contributed by atoms with Crippen LogP contribution in [0, 0.1) is 0 Å². The molecule has 112 valence electrons. The molecule has 0 aliphatic carbocycles. The third kappa shape index (κ3) is 3.69. The number of aromatic nitrogens is 2. The summed E-state index contributed by atoms with van der Waals surface area (Å²) in [6.45, 7) is 1.64. The molecule has 5 nitrogen and oxygen atoms in total. The van der Waals surface area contributed by atoms with Gasteiger partial charge in [-0.1, -0.05) is 17.4 Å². The Bertz CT molecular complexity index is 656. The molecule has 0 saturated carbocycles. The summed E-state index contributed by atoms with van der Waals surface area (Å²) in [5, 5.41) is 10.7. The van der Waals surface area contributed by atoms with Gasteiger partial charge in [-0.25, -0.2) is 0 Å². The van der Waals surface area contributed by atoms with Gasteiger partial charge in [-0.15, -0.1) is 10.2 Å². The summed E-state index contributed by atoms with van der Waals surface area (Å²) in [6.07, 6.45) is -4.49. The molecule has 0 spiro atoms. The Hall–Kier alpha value is -2.16. The summed E-state index contributed by atoms with van der Waals surface area (Å²) < 4.78 is 37.8. The number of amides is 1. The second kappa shape index (κ2) is 5.68. The summed E-state index contributed by atoms with van der Waals surface area (Å²) in [4.78, 5) is 12.0. The summed E-state index contributed by atoms with van der Waals surface area (Å²) in [7, 11) is 0. The topological polar surface area (TPSA) is 80.9 Å². The number of carbonyl (C=O) groups excluding carboxylic acids is 1. The Morgan fingerprint density at radius 1 is 1.38 bits per heavy atom. The highest BCUT2D eigenvalue weighted by molar-refractivity contribution is 7.15. The number of nitrogen functional groups attached to an aromatic ring is 1. The number of hydrogen-bond acceptors (Lipinski definition) is 5. The van der Waals surface area contributed by atoms with E-state index in [0.29, 0.717) is 5.01 Å². The van der Waals surface area contributed by atoms with Crippen molar-refractivity contribution in [3.8, 4) is 0 Å². The van der Waals surface area contributed by atoms with Gasteiger partial charge >= 0.3 is 6.18 Å². The molecule has 0 fully saturated rings. The fourth-order valence-electron chi connectivity index (χ4n) is 1.60. The number of nitrogens with one attached hydrogen (secondary N) is 1. The minimum absolute atomic E-state index is 0.0748. The van der Waals surface area contributed by atoms with E-state index in [0.717, 1.165) is 23.5 Å². The van der Waals surface area contributed by atoms with E-state index in [2.05, 4.69) is 15.5 Å². The molecule has 0 radical (unpaired) electrons.